The Balaban J connectivity index is 1.73. The lowest BCUT2D eigenvalue weighted by molar-refractivity contribution is -0.321. The standard InChI is InChI=1S/C18H14F4N2O2/c1-9(2)25-16-8-23-4-3-11(16)15-6-10-5-12-13(7-14(10)24-15)18(21,22)26-17(12,19)20/h3-4,6-9H,5H2,1-2H3. The van der Waals surface area contributed by atoms with Crippen LogP contribution in [0, 0.1) is 0 Å². The number of fused-ring (bicyclic) bond motifs is 1. The second kappa shape index (κ2) is 5.51. The summed E-state index contributed by atoms with van der Waals surface area (Å²) in [6.07, 6.45) is -2.81. The molecule has 4 rings (SSSR count). The summed E-state index contributed by atoms with van der Waals surface area (Å²) in [4.78, 5) is 8.34. The molecule has 0 bridgehead atoms. The van der Waals surface area contributed by atoms with Gasteiger partial charge in [0.25, 0.3) is 0 Å². The Morgan fingerprint density at radius 3 is 2.65 bits per heavy atom. The number of allylic oxidation sites excluding steroid dienone is 2. The minimum atomic E-state index is -4.03. The molecule has 0 radical (unpaired) electrons. The van der Waals surface area contributed by atoms with Crippen molar-refractivity contribution in [1.82, 2.24) is 4.98 Å². The largest absolute Gasteiger partial charge is 0.489 e. The fourth-order valence-electron chi connectivity index (χ4n) is 3.12. The zero-order valence-electron chi connectivity index (χ0n) is 13.9. The van der Waals surface area contributed by atoms with Crippen molar-refractivity contribution >= 4 is 5.71 Å². The van der Waals surface area contributed by atoms with Gasteiger partial charge in [-0.2, -0.15) is 17.6 Å². The fourth-order valence-corrected chi connectivity index (χ4v) is 3.12. The molecule has 0 N–H and O–H groups in total. The molecule has 2 aliphatic heterocycles. The molecule has 4 nitrogen and oxygen atoms in total. The maximum Gasteiger partial charge on any atom is 0.388 e. The van der Waals surface area contributed by atoms with Crippen molar-refractivity contribution in [2.24, 2.45) is 4.99 Å². The Bertz CT molecular complexity index is 914. The van der Waals surface area contributed by atoms with Crippen LogP contribution >= 0.6 is 0 Å². The molecular weight excluding hydrogens is 352 g/mol. The van der Waals surface area contributed by atoms with Gasteiger partial charge in [-0.1, -0.05) is 0 Å². The van der Waals surface area contributed by atoms with Crippen molar-refractivity contribution in [3.8, 4) is 5.75 Å². The van der Waals surface area contributed by atoms with Crippen LogP contribution in [0.15, 0.2) is 58.0 Å². The average molecular weight is 366 g/mol. The maximum atomic E-state index is 13.8. The molecule has 3 heterocycles. The van der Waals surface area contributed by atoms with Crippen LogP contribution in [0.3, 0.4) is 0 Å². The first kappa shape index (κ1) is 17.0. The van der Waals surface area contributed by atoms with Crippen molar-refractivity contribution in [1.29, 1.82) is 0 Å². The summed E-state index contributed by atoms with van der Waals surface area (Å²) in [7, 11) is 0. The summed E-state index contributed by atoms with van der Waals surface area (Å²) in [5.41, 5.74) is 0.207. The van der Waals surface area contributed by atoms with Crippen molar-refractivity contribution in [3.63, 3.8) is 0 Å². The first-order chi connectivity index (χ1) is 12.2. The molecule has 0 unspecified atom stereocenters. The topological polar surface area (TPSA) is 43.7 Å². The predicted octanol–water partition coefficient (Wildman–Crippen LogP) is 4.40. The third kappa shape index (κ3) is 2.65. The summed E-state index contributed by atoms with van der Waals surface area (Å²) in [5, 5.41) is 0. The van der Waals surface area contributed by atoms with Crippen molar-refractivity contribution in [2.75, 3.05) is 0 Å². The predicted molar refractivity (Wildman–Crippen MR) is 85.3 cm³/mol. The van der Waals surface area contributed by atoms with Gasteiger partial charge in [0.05, 0.1) is 29.3 Å². The van der Waals surface area contributed by atoms with Gasteiger partial charge in [-0.3, -0.25) is 4.98 Å². The zero-order chi connectivity index (χ0) is 18.7. The monoisotopic (exact) mass is 366 g/mol. The first-order valence-corrected chi connectivity index (χ1v) is 7.99. The highest BCUT2D eigenvalue weighted by Gasteiger charge is 2.59. The average Bonchev–Trinajstić information content (AvgIpc) is 3.02. The highest BCUT2D eigenvalue weighted by Crippen LogP contribution is 2.53. The Morgan fingerprint density at radius 1 is 1.15 bits per heavy atom. The molecule has 0 aromatic carbocycles. The zero-order valence-corrected chi connectivity index (χ0v) is 13.9. The van der Waals surface area contributed by atoms with E-state index in [1.165, 1.54) is 6.20 Å². The number of alkyl halides is 4. The van der Waals surface area contributed by atoms with Crippen LogP contribution in [0.4, 0.5) is 17.6 Å². The van der Waals surface area contributed by atoms with Gasteiger partial charge in [0, 0.05) is 23.8 Å². The Kier molecular flexibility index (Phi) is 3.59. The normalized spacial score (nSPS) is 22.7. The van der Waals surface area contributed by atoms with E-state index in [2.05, 4.69) is 14.7 Å². The minimum Gasteiger partial charge on any atom is -0.489 e. The Morgan fingerprint density at radius 2 is 1.92 bits per heavy atom. The fraction of sp³-hybridized carbons (Fsp3) is 0.333. The molecule has 1 aromatic heterocycles. The Labute approximate surface area is 146 Å². The van der Waals surface area contributed by atoms with E-state index < -0.39 is 23.4 Å². The quantitative estimate of drug-likeness (QED) is 0.745. The molecule has 1 aliphatic carbocycles. The van der Waals surface area contributed by atoms with Gasteiger partial charge in [0.15, 0.2) is 0 Å². The van der Waals surface area contributed by atoms with Crippen molar-refractivity contribution in [2.45, 2.75) is 38.6 Å². The number of hydrogen-bond donors (Lipinski definition) is 0. The number of hydrogen-bond acceptors (Lipinski definition) is 4. The third-order valence-electron chi connectivity index (χ3n) is 4.20. The van der Waals surface area contributed by atoms with Gasteiger partial charge in [-0.05, 0) is 37.6 Å². The molecular formula is C18H14F4N2O2. The SMILES string of the molecule is CC(C)Oc1cnccc1C1=NC2=CC3=C(CC2=C1)C(F)(F)OC3(F)F. The van der Waals surface area contributed by atoms with Gasteiger partial charge >= 0.3 is 12.2 Å². The van der Waals surface area contributed by atoms with E-state index in [0.717, 1.165) is 6.08 Å². The van der Waals surface area contributed by atoms with E-state index in [0.29, 0.717) is 22.6 Å². The number of aliphatic imine (C=N–C) groups is 1. The van der Waals surface area contributed by atoms with Crippen LogP contribution < -0.4 is 4.74 Å². The number of halogens is 4. The lowest BCUT2D eigenvalue weighted by Crippen LogP contribution is -2.25. The summed E-state index contributed by atoms with van der Waals surface area (Å²) < 4.78 is 64.4. The molecule has 136 valence electrons. The van der Waals surface area contributed by atoms with Crippen LogP contribution in [0.1, 0.15) is 25.8 Å². The van der Waals surface area contributed by atoms with E-state index in [9.17, 15) is 17.6 Å². The number of rotatable bonds is 3. The molecule has 0 saturated heterocycles. The number of nitrogens with zero attached hydrogens (tertiary/aromatic N) is 2. The molecule has 0 atom stereocenters. The van der Waals surface area contributed by atoms with Gasteiger partial charge < -0.3 is 4.74 Å². The molecule has 8 heteroatoms. The van der Waals surface area contributed by atoms with Crippen LogP contribution in [-0.4, -0.2) is 29.0 Å². The summed E-state index contributed by atoms with van der Waals surface area (Å²) in [5.74, 6) is 0.483. The number of ether oxygens (including phenoxy) is 2. The van der Waals surface area contributed by atoms with Crippen molar-refractivity contribution in [3.05, 3.63) is 58.6 Å². The lowest BCUT2D eigenvalue weighted by Gasteiger charge is -2.15. The number of aromatic nitrogens is 1. The maximum absolute atomic E-state index is 13.8. The molecule has 0 amide bonds. The van der Waals surface area contributed by atoms with Crippen LogP contribution in [0.2, 0.25) is 0 Å². The highest BCUT2D eigenvalue weighted by atomic mass is 19.3. The lowest BCUT2D eigenvalue weighted by atomic mass is 9.92. The van der Waals surface area contributed by atoms with Gasteiger partial charge in [-0.15, -0.1) is 0 Å². The third-order valence-corrected chi connectivity index (χ3v) is 4.20. The smallest absolute Gasteiger partial charge is 0.388 e. The molecule has 0 fully saturated rings. The van der Waals surface area contributed by atoms with Crippen LogP contribution in [0.5, 0.6) is 5.75 Å². The van der Waals surface area contributed by atoms with E-state index in [1.807, 2.05) is 13.8 Å². The molecule has 3 aliphatic rings. The minimum absolute atomic E-state index is 0.103. The van der Waals surface area contributed by atoms with Crippen LogP contribution in [-0.2, 0) is 4.74 Å². The second-order valence-electron chi connectivity index (χ2n) is 6.44. The van der Waals surface area contributed by atoms with E-state index >= 15 is 0 Å². The summed E-state index contributed by atoms with van der Waals surface area (Å²) in [6, 6.07) is 1.68. The van der Waals surface area contributed by atoms with Crippen LogP contribution in [0.25, 0.3) is 0 Å². The highest BCUT2D eigenvalue weighted by molar-refractivity contribution is 6.13. The van der Waals surface area contributed by atoms with Gasteiger partial charge in [0.1, 0.15) is 5.75 Å². The number of pyridine rings is 1. The Hall–Kier alpha value is -2.48. The summed E-state index contributed by atoms with van der Waals surface area (Å²) in [6.45, 7) is 3.71. The molecule has 0 spiro atoms. The van der Waals surface area contributed by atoms with E-state index in [4.69, 9.17) is 4.74 Å². The molecule has 0 saturated carbocycles. The van der Waals surface area contributed by atoms with Crippen molar-refractivity contribution < 1.29 is 27.0 Å². The van der Waals surface area contributed by atoms with E-state index in [1.54, 1.807) is 18.3 Å². The molecule has 26 heavy (non-hydrogen) atoms. The van der Waals surface area contributed by atoms with Gasteiger partial charge in [-0.25, -0.2) is 9.73 Å². The summed E-state index contributed by atoms with van der Waals surface area (Å²) >= 11 is 0. The second-order valence-corrected chi connectivity index (χ2v) is 6.44. The molecule has 1 aromatic rings. The van der Waals surface area contributed by atoms with E-state index in [-0.39, 0.29) is 18.2 Å². The van der Waals surface area contributed by atoms with Gasteiger partial charge in [0.2, 0.25) is 0 Å². The first-order valence-electron chi connectivity index (χ1n) is 7.99.